The Balaban J connectivity index is 1.40. The second-order valence-electron chi connectivity index (χ2n) is 7.88. The minimum Gasteiger partial charge on any atom is -0.449 e. The number of benzene rings is 3. The summed E-state index contributed by atoms with van der Waals surface area (Å²) >= 11 is 0. The molecule has 1 N–H and O–H groups in total. The number of hydrogen-bond donors (Lipinski definition) is 1. The molecule has 33 heavy (non-hydrogen) atoms. The van der Waals surface area contributed by atoms with E-state index in [0.717, 1.165) is 11.8 Å². The van der Waals surface area contributed by atoms with Crippen molar-refractivity contribution in [3.63, 3.8) is 0 Å². The first-order valence-electron chi connectivity index (χ1n) is 10.8. The van der Waals surface area contributed by atoms with Crippen LogP contribution < -0.4 is 10.2 Å². The molecule has 1 aliphatic rings. The predicted octanol–water partition coefficient (Wildman–Crippen LogP) is 4.79. The lowest BCUT2D eigenvalue weighted by atomic mass is 10.1. The fourth-order valence-corrected chi connectivity index (χ4v) is 4.09. The zero-order chi connectivity index (χ0) is 22.8. The largest absolute Gasteiger partial charge is 0.449 e. The van der Waals surface area contributed by atoms with E-state index in [9.17, 15) is 14.0 Å². The number of furan rings is 1. The van der Waals surface area contributed by atoms with E-state index in [1.54, 1.807) is 23.1 Å². The Kier molecular flexibility index (Phi) is 5.52. The summed E-state index contributed by atoms with van der Waals surface area (Å²) in [5.74, 6) is -1.22. The maximum absolute atomic E-state index is 13.6. The van der Waals surface area contributed by atoms with Crippen LogP contribution in [0, 0.1) is 5.82 Å². The number of piperazine rings is 1. The normalized spacial score (nSPS) is 13.8. The van der Waals surface area contributed by atoms with Gasteiger partial charge < -0.3 is 19.5 Å². The molecule has 0 radical (unpaired) electrons. The Morgan fingerprint density at radius 1 is 0.848 bits per heavy atom. The van der Waals surface area contributed by atoms with Crippen LogP contribution in [0.1, 0.15) is 20.9 Å². The molecule has 4 aromatic rings. The molecular weight excluding hydrogens is 421 g/mol. The third-order valence-corrected chi connectivity index (χ3v) is 5.80. The van der Waals surface area contributed by atoms with Gasteiger partial charge in [-0.15, -0.1) is 0 Å². The minimum absolute atomic E-state index is 0.0779. The average molecular weight is 443 g/mol. The molecule has 0 spiro atoms. The van der Waals surface area contributed by atoms with Crippen LogP contribution >= 0.6 is 0 Å². The number of anilines is 2. The number of nitrogens with zero attached hydrogens (tertiary/aromatic N) is 2. The number of rotatable bonds is 4. The number of hydrogen-bond acceptors (Lipinski definition) is 4. The van der Waals surface area contributed by atoms with E-state index >= 15 is 0 Å². The lowest BCUT2D eigenvalue weighted by molar-refractivity contribution is 0.0718. The molecule has 0 atom stereocenters. The molecule has 1 saturated heterocycles. The first-order valence-corrected chi connectivity index (χ1v) is 10.8. The first-order chi connectivity index (χ1) is 16.1. The molecular formula is C26H22FN3O3. The van der Waals surface area contributed by atoms with E-state index in [1.165, 1.54) is 18.2 Å². The molecule has 1 aliphatic heterocycles. The van der Waals surface area contributed by atoms with Crippen molar-refractivity contribution >= 4 is 34.2 Å². The monoisotopic (exact) mass is 443 g/mol. The van der Waals surface area contributed by atoms with Gasteiger partial charge in [0.15, 0.2) is 0 Å². The second-order valence-corrected chi connectivity index (χ2v) is 7.88. The second kappa shape index (κ2) is 8.78. The highest BCUT2D eigenvalue weighted by Crippen LogP contribution is 2.32. The van der Waals surface area contributed by atoms with E-state index < -0.39 is 11.7 Å². The van der Waals surface area contributed by atoms with E-state index in [1.807, 2.05) is 24.3 Å². The number of fused-ring (bicyclic) bond motifs is 1. The number of amides is 2. The maximum atomic E-state index is 13.6. The van der Waals surface area contributed by atoms with Crippen molar-refractivity contribution in [2.75, 3.05) is 36.4 Å². The molecule has 5 rings (SSSR count). The Hall–Kier alpha value is -4.13. The molecule has 0 bridgehead atoms. The zero-order valence-corrected chi connectivity index (χ0v) is 17.8. The Morgan fingerprint density at radius 2 is 1.58 bits per heavy atom. The molecule has 7 heteroatoms. The Bertz CT molecular complexity index is 1310. The molecule has 1 aromatic heterocycles. The molecule has 0 unspecified atom stereocenters. The van der Waals surface area contributed by atoms with Gasteiger partial charge in [-0.2, -0.15) is 0 Å². The highest BCUT2D eigenvalue weighted by molar-refractivity contribution is 6.14. The van der Waals surface area contributed by atoms with Crippen molar-refractivity contribution in [2.24, 2.45) is 0 Å². The summed E-state index contributed by atoms with van der Waals surface area (Å²) in [5, 5.41) is 3.39. The van der Waals surface area contributed by atoms with Gasteiger partial charge in [-0.3, -0.25) is 9.59 Å². The Labute approximate surface area is 190 Å². The van der Waals surface area contributed by atoms with E-state index in [0.29, 0.717) is 42.8 Å². The van der Waals surface area contributed by atoms with E-state index in [2.05, 4.69) is 22.3 Å². The highest BCUT2D eigenvalue weighted by Gasteiger charge is 2.29. The van der Waals surface area contributed by atoms with Crippen molar-refractivity contribution < 1.29 is 18.4 Å². The van der Waals surface area contributed by atoms with Gasteiger partial charge in [0, 0.05) is 42.8 Å². The third-order valence-electron chi connectivity index (χ3n) is 5.80. The van der Waals surface area contributed by atoms with Gasteiger partial charge in [0.2, 0.25) is 5.76 Å². The standard InChI is InChI=1S/C26H22FN3O3/c27-19-8-6-7-18(17-19)25(31)28-23-21-11-4-5-12-22(21)33-24(23)26(32)30-15-13-29(14-16-30)20-9-2-1-3-10-20/h1-12,17H,13-16H2,(H,28,31). The van der Waals surface area contributed by atoms with Crippen molar-refractivity contribution in [3.05, 3.63) is 96.0 Å². The van der Waals surface area contributed by atoms with E-state index in [-0.39, 0.29) is 17.2 Å². The topological polar surface area (TPSA) is 65.8 Å². The summed E-state index contributed by atoms with van der Waals surface area (Å²) in [6.45, 7) is 2.45. The summed E-state index contributed by atoms with van der Waals surface area (Å²) in [6.07, 6.45) is 0. The van der Waals surface area contributed by atoms with Crippen LogP contribution in [0.15, 0.2) is 83.3 Å². The van der Waals surface area contributed by atoms with Gasteiger partial charge in [0.25, 0.3) is 11.8 Å². The predicted molar refractivity (Wildman–Crippen MR) is 125 cm³/mol. The van der Waals surface area contributed by atoms with Crippen LogP contribution in [0.2, 0.25) is 0 Å². The number of para-hydroxylation sites is 2. The maximum Gasteiger partial charge on any atom is 0.291 e. The quantitative estimate of drug-likeness (QED) is 0.493. The number of carbonyl (C=O) groups is 2. The number of halogens is 1. The summed E-state index contributed by atoms with van der Waals surface area (Å²) < 4.78 is 19.5. The summed E-state index contributed by atoms with van der Waals surface area (Å²) in [7, 11) is 0. The molecule has 6 nitrogen and oxygen atoms in total. The molecule has 2 amide bonds. The molecule has 0 aliphatic carbocycles. The molecule has 3 aromatic carbocycles. The summed E-state index contributed by atoms with van der Waals surface area (Å²) in [4.78, 5) is 30.2. The smallest absolute Gasteiger partial charge is 0.291 e. The lowest BCUT2D eigenvalue weighted by Crippen LogP contribution is -2.48. The van der Waals surface area contributed by atoms with Crippen molar-refractivity contribution in [3.8, 4) is 0 Å². The Morgan fingerprint density at radius 3 is 2.33 bits per heavy atom. The lowest BCUT2D eigenvalue weighted by Gasteiger charge is -2.35. The van der Waals surface area contributed by atoms with Crippen molar-refractivity contribution in [1.29, 1.82) is 0 Å². The van der Waals surface area contributed by atoms with Gasteiger partial charge in [0.05, 0.1) is 0 Å². The molecule has 0 saturated carbocycles. The van der Waals surface area contributed by atoms with Gasteiger partial charge in [-0.1, -0.05) is 36.4 Å². The van der Waals surface area contributed by atoms with Crippen LogP contribution in [-0.2, 0) is 0 Å². The molecule has 2 heterocycles. The van der Waals surface area contributed by atoms with Gasteiger partial charge in [0.1, 0.15) is 17.1 Å². The summed E-state index contributed by atoms with van der Waals surface area (Å²) in [5.41, 5.74) is 2.08. The SMILES string of the molecule is O=C(Nc1c(C(=O)N2CCN(c3ccccc3)CC2)oc2ccccc12)c1cccc(F)c1. The average Bonchev–Trinajstić information content (AvgIpc) is 3.22. The first kappa shape index (κ1) is 20.8. The van der Waals surface area contributed by atoms with Crippen LogP contribution in [-0.4, -0.2) is 42.9 Å². The molecule has 166 valence electrons. The fraction of sp³-hybridized carbons (Fsp3) is 0.154. The minimum atomic E-state index is -0.510. The third kappa shape index (κ3) is 4.17. The van der Waals surface area contributed by atoms with Crippen LogP contribution in [0.25, 0.3) is 11.0 Å². The van der Waals surface area contributed by atoms with Crippen LogP contribution in [0.5, 0.6) is 0 Å². The van der Waals surface area contributed by atoms with Crippen molar-refractivity contribution in [1.82, 2.24) is 4.90 Å². The van der Waals surface area contributed by atoms with Gasteiger partial charge >= 0.3 is 0 Å². The van der Waals surface area contributed by atoms with E-state index in [4.69, 9.17) is 4.42 Å². The zero-order valence-electron chi connectivity index (χ0n) is 17.8. The van der Waals surface area contributed by atoms with Crippen LogP contribution in [0.3, 0.4) is 0 Å². The number of nitrogens with one attached hydrogen (secondary N) is 1. The fourth-order valence-electron chi connectivity index (χ4n) is 4.09. The van der Waals surface area contributed by atoms with Crippen molar-refractivity contribution in [2.45, 2.75) is 0 Å². The van der Waals surface area contributed by atoms with Gasteiger partial charge in [-0.25, -0.2) is 4.39 Å². The molecule has 1 fully saturated rings. The highest BCUT2D eigenvalue weighted by atomic mass is 19.1. The summed E-state index contributed by atoms with van der Waals surface area (Å²) in [6, 6.07) is 22.6. The van der Waals surface area contributed by atoms with Gasteiger partial charge in [-0.05, 0) is 42.5 Å². The van der Waals surface area contributed by atoms with Crippen LogP contribution in [0.4, 0.5) is 15.8 Å². The number of carbonyl (C=O) groups excluding carboxylic acids is 2.